The number of nitrogens with one attached hydrogen (secondary N) is 1. The van der Waals surface area contributed by atoms with Gasteiger partial charge in [0.25, 0.3) is 0 Å². The van der Waals surface area contributed by atoms with Crippen LogP contribution in [0.3, 0.4) is 0 Å². The van der Waals surface area contributed by atoms with Crippen LogP contribution in [0, 0.1) is 11.8 Å². The van der Waals surface area contributed by atoms with E-state index < -0.39 is 5.54 Å². The highest BCUT2D eigenvalue weighted by atomic mass is 16.5. The van der Waals surface area contributed by atoms with Crippen molar-refractivity contribution >= 4 is 5.97 Å². The molecule has 0 saturated carbocycles. The highest BCUT2D eigenvalue weighted by molar-refractivity contribution is 5.80. The molecule has 0 aliphatic carbocycles. The molecule has 0 aromatic heterocycles. The van der Waals surface area contributed by atoms with Crippen molar-refractivity contribution in [1.82, 2.24) is 10.2 Å². The second kappa shape index (κ2) is 7.41. The van der Waals surface area contributed by atoms with Crippen LogP contribution < -0.4 is 5.32 Å². The Morgan fingerprint density at radius 3 is 2.40 bits per heavy atom. The lowest BCUT2D eigenvalue weighted by Crippen LogP contribution is -2.54. The molecule has 118 valence electrons. The Morgan fingerprint density at radius 2 is 1.95 bits per heavy atom. The molecule has 1 heterocycles. The van der Waals surface area contributed by atoms with Crippen LogP contribution in [0.1, 0.15) is 47.5 Å². The molecule has 0 aromatic rings. The molecule has 1 aliphatic rings. The molecule has 0 aromatic carbocycles. The van der Waals surface area contributed by atoms with Gasteiger partial charge in [-0.3, -0.25) is 4.79 Å². The van der Waals surface area contributed by atoms with Crippen LogP contribution in [-0.4, -0.2) is 49.2 Å². The van der Waals surface area contributed by atoms with Gasteiger partial charge in [0.1, 0.15) is 5.54 Å². The van der Waals surface area contributed by atoms with Crippen molar-refractivity contribution in [2.45, 2.75) is 59.0 Å². The third kappa shape index (κ3) is 4.19. The number of nitrogens with zero attached hydrogens (tertiary/aromatic N) is 1. The van der Waals surface area contributed by atoms with Gasteiger partial charge >= 0.3 is 5.97 Å². The molecule has 0 radical (unpaired) electrons. The smallest absolute Gasteiger partial charge is 0.325 e. The first kappa shape index (κ1) is 17.4. The van der Waals surface area contributed by atoms with Crippen LogP contribution in [0.4, 0.5) is 0 Å². The fourth-order valence-electron chi connectivity index (χ4n) is 3.11. The maximum Gasteiger partial charge on any atom is 0.325 e. The van der Waals surface area contributed by atoms with Gasteiger partial charge in [-0.2, -0.15) is 0 Å². The van der Waals surface area contributed by atoms with Crippen molar-refractivity contribution in [3.63, 3.8) is 0 Å². The molecule has 0 bridgehead atoms. The van der Waals surface area contributed by atoms with E-state index in [1.807, 2.05) is 6.92 Å². The molecule has 4 unspecified atom stereocenters. The van der Waals surface area contributed by atoms with E-state index in [1.54, 1.807) is 0 Å². The second-order valence-electron chi connectivity index (χ2n) is 6.71. The van der Waals surface area contributed by atoms with Crippen molar-refractivity contribution in [2.24, 2.45) is 11.8 Å². The van der Waals surface area contributed by atoms with Gasteiger partial charge in [0.05, 0.1) is 7.11 Å². The predicted molar refractivity (Wildman–Crippen MR) is 82.7 cm³/mol. The Labute approximate surface area is 124 Å². The Hall–Kier alpha value is -0.610. The van der Waals surface area contributed by atoms with E-state index in [-0.39, 0.29) is 5.97 Å². The minimum absolute atomic E-state index is 0.155. The molecule has 0 spiro atoms. The van der Waals surface area contributed by atoms with Gasteiger partial charge in [-0.25, -0.2) is 0 Å². The number of ether oxygens (including phenoxy) is 1. The normalized spacial score (nSPS) is 28.1. The Kier molecular flexibility index (Phi) is 6.46. The van der Waals surface area contributed by atoms with E-state index in [0.29, 0.717) is 6.04 Å². The third-order valence-corrected chi connectivity index (χ3v) is 4.74. The van der Waals surface area contributed by atoms with Crippen molar-refractivity contribution in [3.05, 3.63) is 0 Å². The lowest BCUT2D eigenvalue weighted by atomic mass is 9.92. The zero-order valence-corrected chi connectivity index (χ0v) is 14.0. The summed E-state index contributed by atoms with van der Waals surface area (Å²) in [6.07, 6.45) is 1.80. The summed E-state index contributed by atoms with van der Waals surface area (Å²) >= 11 is 0. The van der Waals surface area contributed by atoms with E-state index in [2.05, 4.69) is 37.9 Å². The number of carbonyl (C=O) groups excluding carboxylic acids is 1. The van der Waals surface area contributed by atoms with Crippen molar-refractivity contribution in [2.75, 3.05) is 26.7 Å². The predicted octanol–water partition coefficient (Wildman–Crippen LogP) is 2.28. The van der Waals surface area contributed by atoms with Crippen LogP contribution in [0.15, 0.2) is 0 Å². The van der Waals surface area contributed by atoms with Gasteiger partial charge in [-0.1, -0.05) is 20.8 Å². The highest BCUT2D eigenvalue weighted by Crippen LogP contribution is 2.27. The molecule has 4 heteroatoms. The average molecular weight is 284 g/mol. The lowest BCUT2D eigenvalue weighted by Gasteiger charge is -2.34. The maximum atomic E-state index is 12.1. The van der Waals surface area contributed by atoms with E-state index in [4.69, 9.17) is 4.74 Å². The van der Waals surface area contributed by atoms with E-state index in [9.17, 15) is 4.79 Å². The number of likely N-dealkylation sites (tertiary alicyclic amines) is 1. The summed E-state index contributed by atoms with van der Waals surface area (Å²) in [7, 11) is 1.47. The van der Waals surface area contributed by atoms with Crippen LogP contribution in [0.25, 0.3) is 0 Å². The summed E-state index contributed by atoms with van der Waals surface area (Å²) in [5, 5.41) is 3.37. The molecule has 0 amide bonds. The van der Waals surface area contributed by atoms with Gasteiger partial charge < -0.3 is 15.0 Å². The minimum Gasteiger partial charge on any atom is -0.468 e. The highest BCUT2D eigenvalue weighted by Gasteiger charge is 2.38. The quantitative estimate of drug-likeness (QED) is 0.728. The number of methoxy groups -OCH3 is 1. The molecule has 1 fully saturated rings. The molecule has 20 heavy (non-hydrogen) atoms. The lowest BCUT2D eigenvalue weighted by molar-refractivity contribution is -0.148. The van der Waals surface area contributed by atoms with Gasteiger partial charge in [-0.15, -0.1) is 0 Å². The first-order valence-corrected chi connectivity index (χ1v) is 7.91. The topological polar surface area (TPSA) is 41.6 Å². The minimum atomic E-state index is -0.584. The van der Waals surface area contributed by atoms with Gasteiger partial charge in [0.2, 0.25) is 0 Å². The van der Waals surface area contributed by atoms with E-state index >= 15 is 0 Å². The zero-order chi connectivity index (χ0) is 15.3. The molecular formula is C16H32N2O2. The molecule has 4 nitrogen and oxygen atoms in total. The molecular weight excluding hydrogens is 252 g/mol. The Bertz CT molecular complexity index is 312. The third-order valence-electron chi connectivity index (χ3n) is 4.74. The van der Waals surface area contributed by atoms with Gasteiger partial charge in [0, 0.05) is 19.1 Å². The summed E-state index contributed by atoms with van der Waals surface area (Å²) in [6, 6.07) is 0.385. The first-order valence-electron chi connectivity index (χ1n) is 7.91. The van der Waals surface area contributed by atoms with Crippen LogP contribution in [0.2, 0.25) is 0 Å². The molecule has 1 rings (SSSR count). The number of hydrogen-bond acceptors (Lipinski definition) is 4. The monoisotopic (exact) mass is 284 g/mol. The number of esters is 1. The summed E-state index contributed by atoms with van der Waals surface area (Å²) in [4.78, 5) is 14.6. The molecule has 1 saturated heterocycles. The van der Waals surface area contributed by atoms with Crippen LogP contribution >= 0.6 is 0 Å². The van der Waals surface area contributed by atoms with Gasteiger partial charge in [-0.05, 0) is 45.1 Å². The summed E-state index contributed by atoms with van der Waals surface area (Å²) in [5.74, 6) is 1.33. The van der Waals surface area contributed by atoms with Crippen LogP contribution in [0.5, 0.6) is 0 Å². The van der Waals surface area contributed by atoms with E-state index in [1.165, 1.54) is 7.11 Å². The average Bonchev–Trinajstić information content (AvgIpc) is 2.75. The zero-order valence-electron chi connectivity index (χ0n) is 14.0. The molecule has 4 atom stereocenters. The summed E-state index contributed by atoms with van der Waals surface area (Å²) < 4.78 is 5.00. The Morgan fingerprint density at radius 1 is 1.40 bits per heavy atom. The van der Waals surface area contributed by atoms with Crippen molar-refractivity contribution in [3.8, 4) is 0 Å². The van der Waals surface area contributed by atoms with Crippen molar-refractivity contribution in [1.29, 1.82) is 0 Å². The summed E-state index contributed by atoms with van der Waals surface area (Å²) in [6.45, 7) is 14.0. The largest absolute Gasteiger partial charge is 0.468 e. The maximum absolute atomic E-state index is 12.1. The van der Waals surface area contributed by atoms with E-state index in [0.717, 1.165) is 44.3 Å². The molecule has 1 N–H and O–H groups in total. The van der Waals surface area contributed by atoms with Gasteiger partial charge in [0.15, 0.2) is 0 Å². The number of carbonyl (C=O) groups is 1. The summed E-state index contributed by atoms with van der Waals surface area (Å²) in [5.41, 5.74) is -0.584. The fraction of sp³-hybridized carbons (Fsp3) is 0.938. The first-order chi connectivity index (χ1) is 9.34. The standard InChI is InChI=1S/C16H32N2O2/c1-7-8-17-16(5,15(19)20-6)9-14(4)18-10-12(2)13(3)11-18/h12-14,17H,7-11H2,1-6H3. The Balaban J connectivity index is 2.67. The number of rotatable bonds is 7. The van der Waals surface area contributed by atoms with Crippen molar-refractivity contribution < 1.29 is 9.53 Å². The number of hydrogen-bond donors (Lipinski definition) is 1. The fourth-order valence-corrected chi connectivity index (χ4v) is 3.11. The second-order valence-corrected chi connectivity index (χ2v) is 6.71. The molecule has 1 aliphatic heterocycles. The SMILES string of the molecule is CCCNC(C)(CC(C)N1CC(C)C(C)C1)C(=O)OC. The van der Waals surface area contributed by atoms with Crippen LogP contribution in [-0.2, 0) is 9.53 Å².